The summed E-state index contributed by atoms with van der Waals surface area (Å²) >= 11 is 1.75. The van der Waals surface area contributed by atoms with Crippen LogP contribution in [0, 0.1) is 5.92 Å². The van der Waals surface area contributed by atoms with E-state index in [-0.39, 0.29) is 16.7 Å². The number of carboxylic acid groups (broad SMARTS) is 1. The van der Waals surface area contributed by atoms with Gasteiger partial charge in [-0.25, -0.2) is 0 Å². The maximum absolute atomic E-state index is 11.1. The SMILES string of the molecule is CN(C)C1CSC(C)(C)C1C(=O)O. The first kappa shape index (κ1) is 10.9. The molecule has 0 bridgehead atoms. The van der Waals surface area contributed by atoms with Gasteiger partial charge in [-0.2, -0.15) is 11.8 Å². The normalized spacial score (nSPS) is 32.4. The van der Waals surface area contributed by atoms with Crippen molar-refractivity contribution in [2.24, 2.45) is 5.92 Å². The van der Waals surface area contributed by atoms with Gasteiger partial charge in [0.25, 0.3) is 0 Å². The van der Waals surface area contributed by atoms with Crippen molar-refractivity contribution in [1.82, 2.24) is 4.90 Å². The molecule has 13 heavy (non-hydrogen) atoms. The maximum atomic E-state index is 11.1. The first-order chi connectivity index (χ1) is 5.86. The average molecular weight is 203 g/mol. The van der Waals surface area contributed by atoms with Crippen LogP contribution in [0.3, 0.4) is 0 Å². The van der Waals surface area contributed by atoms with E-state index in [1.807, 2.05) is 32.8 Å². The predicted octanol–water partition coefficient (Wildman–Crippen LogP) is 1.14. The zero-order valence-electron chi connectivity index (χ0n) is 8.57. The quantitative estimate of drug-likeness (QED) is 0.730. The second kappa shape index (κ2) is 3.50. The molecule has 0 aromatic carbocycles. The van der Waals surface area contributed by atoms with Crippen LogP contribution in [0.2, 0.25) is 0 Å². The lowest BCUT2D eigenvalue weighted by Gasteiger charge is -2.28. The Bertz CT molecular complexity index is 216. The highest BCUT2D eigenvalue weighted by molar-refractivity contribution is 8.01. The highest BCUT2D eigenvalue weighted by Crippen LogP contribution is 2.43. The van der Waals surface area contributed by atoms with Gasteiger partial charge in [0, 0.05) is 16.5 Å². The summed E-state index contributed by atoms with van der Waals surface area (Å²) in [7, 11) is 3.89. The van der Waals surface area contributed by atoms with Crippen molar-refractivity contribution in [3.8, 4) is 0 Å². The molecule has 1 fully saturated rings. The first-order valence-electron chi connectivity index (χ1n) is 4.39. The van der Waals surface area contributed by atoms with Gasteiger partial charge in [-0.05, 0) is 27.9 Å². The molecule has 1 rings (SSSR count). The largest absolute Gasteiger partial charge is 0.481 e. The molecule has 2 unspecified atom stereocenters. The van der Waals surface area contributed by atoms with E-state index in [2.05, 4.69) is 0 Å². The van der Waals surface area contributed by atoms with Crippen LogP contribution in [-0.4, -0.2) is 46.6 Å². The van der Waals surface area contributed by atoms with Gasteiger partial charge in [0.2, 0.25) is 0 Å². The minimum atomic E-state index is -0.672. The fourth-order valence-electron chi connectivity index (χ4n) is 1.86. The fourth-order valence-corrected chi connectivity index (χ4v) is 3.39. The molecular weight excluding hydrogens is 186 g/mol. The molecule has 1 saturated heterocycles. The number of rotatable bonds is 2. The van der Waals surface area contributed by atoms with Gasteiger partial charge in [0.15, 0.2) is 0 Å². The number of aliphatic carboxylic acids is 1. The lowest BCUT2D eigenvalue weighted by atomic mass is 9.88. The van der Waals surface area contributed by atoms with Crippen LogP contribution in [0.5, 0.6) is 0 Å². The number of thioether (sulfide) groups is 1. The first-order valence-corrected chi connectivity index (χ1v) is 5.38. The smallest absolute Gasteiger partial charge is 0.309 e. The molecule has 0 aromatic heterocycles. The van der Waals surface area contributed by atoms with E-state index in [1.54, 1.807) is 11.8 Å². The summed E-state index contributed by atoms with van der Waals surface area (Å²) in [5.74, 6) is -0.0158. The summed E-state index contributed by atoms with van der Waals surface area (Å²) in [6.45, 7) is 4.03. The summed E-state index contributed by atoms with van der Waals surface area (Å²) < 4.78 is -0.138. The highest BCUT2D eigenvalue weighted by Gasteiger charge is 2.48. The molecule has 0 spiro atoms. The molecule has 0 aliphatic carbocycles. The number of carbonyl (C=O) groups is 1. The molecule has 2 atom stereocenters. The lowest BCUT2D eigenvalue weighted by molar-refractivity contribution is -0.144. The van der Waals surface area contributed by atoms with Crippen LogP contribution in [0.15, 0.2) is 0 Å². The molecule has 0 aromatic rings. The van der Waals surface area contributed by atoms with Crippen LogP contribution < -0.4 is 0 Å². The summed E-state index contributed by atoms with van der Waals surface area (Å²) in [5.41, 5.74) is 0. The van der Waals surface area contributed by atoms with Gasteiger partial charge in [0.1, 0.15) is 0 Å². The van der Waals surface area contributed by atoms with E-state index in [0.29, 0.717) is 0 Å². The van der Waals surface area contributed by atoms with Gasteiger partial charge in [0.05, 0.1) is 5.92 Å². The van der Waals surface area contributed by atoms with Gasteiger partial charge < -0.3 is 10.0 Å². The summed E-state index contributed by atoms with van der Waals surface area (Å²) in [4.78, 5) is 13.1. The van der Waals surface area contributed by atoms with E-state index >= 15 is 0 Å². The Kier molecular flexibility index (Phi) is 2.92. The van der Waals surface area contributed by atoms with Gasteiger partial charge in [-0.3, -0.25) is 4.79 Å². The number of nitrogens with zero attached hydrogens (tertiary/aromatic N) is 1. The average Bonchev–Trinajstić information content (AvgIpc) is 2.24. The monoisotopic (exact) mass is 203 g/mol. The zero-order valence-corrected chi connectivity index (χ0v) is 9.39. The Morgan fingerprint density at radius 1 is 1.54 bits per heavy atom. The van der Waals surface area contributed by atoms with Gasteiger partial charge in [-0.1, -0.05) is 0 Å². The van der Waals surface area contributed by atoms with Gasteiger partial charge >= 0.3 is 5.97 Å². The molecule has 1 aliphatic heterocycles. The molecule has 0 saturated carbocycles. The molecule has 1 N–H and O–H groups in total. The van der Waals surface area contributed by atoms with Crippen LogP contribution in [0.4, 0.5) is 0 Å². The van der Waals surface area contributed by atoms with Crippen molar-refractivity contribution in [1.29, 1.82) is 0 Å². The zero-order chi connectivity index (χ0) is 10.2. The molecule has 4 heteroatoms. The third-order valence-corrected chi connectivity index (χ3v) is 4.20. The third kappa shape index (κ3) is 1.99. The summed E-state index contributed by atoms with van der Waals surface area (Å²) in [6, 6.07) is 0.164. The fraction of sp³-hybridized carbons (Fsp3) is 0.889. The minimum Gasteiger partial charge on any atom is -0.481 e. The predicted molar refractivity (Wildman–Crippen MR) is 55.1 cm³/mol. The number of carboxylic acids is 1. The highest BCUT2D eigenvalue weighted by atomic mass is 32.2. The number of hydrogen-bond donors (Lipinski definition) is 1. The van der Waals surface area contributed by atoms with E-state index in [4.69, 9.17) is 5.11 Å². The van der Waals surface area contributed by atoms with Crippen LogP contribution in [0.25, 0.3) is 0 Å². The van der Waals surface area contributed by atoms with Crippen LogP contribution >= 0.6 is 11.8 Å². The topological polar surface area (TPSA) is 40.5 Å². The van der Waals surface area contributed by atoms with E-state index in [9.17, 15) is 4.79 Å². The Balaban J connectivity index is 2.86. The second-order valence-electron chi connectivity index (χ2n) is 4.26. The third-order valence-electron chi connectivity index (χ3n) is 2.69. The van der Waals surface area contributed by atoms with Crippen molar-refractivity contribution in [2.45, 2.75) is 24.6 Å². The maximum Gasteiger partial charge on any atom is 0.309 e. The van der Waals surface area contributed by atoms with Crippen LogP contribution in [0.1, 0.15) is 13.8 Å². The Hall–Kier alpha value is -0.220. The Labute approximate surface area is 83.5 Å². The Morgan fingerprint density at radius 2 is 2.08 bits per heavy atom. The molecule has 3 nitrogen and oxygen atoms in total. The number of hydrogen-bond acceptors (Lipinski definition) is 3. The molecule has 0 amide bonds. The second-order valence-corrected chi connectivity index (χ2v) is 5.94. The molecule has 0 radical (unpaired) electrons. The summed E-state index contributed by atoms with van der Waals surface area (Å²) in [6.07, 6.45) is 0. The van der Waals surface area contributed by atoms with Crippen molar-refractivity contribution < 1.29 is 9.90 Å². The molecular formula is C9H17NO2S. The van der Waals surface area contributed by atoms with E-state index in [0.717, 1.165) is 5.75 Å². The molecule has 76 valence electrons. The van der Waals surface area contributed by atoms with Crippen molar-refractivity contribution in [2.75, 3.05) is 19.8 Å². The van der Waals surface area contributed by atoms with Crippen LogP contribution in [-0.2, 0) is 4.79 Å². The molecule has 1 aliphatic rings. The molecule has 1 heterocycles. The minimum absolute atomic E-state index is 0.138. The van der Waals surface area contributed by atoms with E-state index in [1.165, 1.54) is 0 Å². The van der Waals surface area contributed by atoms with Crippen molar-refractivity contribution >= 4 is 17.7 Å². The summed E-state index contributed by atoms with van der Waals surface area (Å²) in [5, 5.41) is 9.13. The van der Waals surface area contributed by atoms with Crippen molar-refractivity contribution in [3.05, 3.63) is 0 Å². The van der Waals surface area contributed by atoms with Gasteiger partial charge in [-0.15, -0.1) is 0 Å². The van der Waals surface area contributed by atoms with Crippen molar-refractivity contribution in [3.63, 3.8) is 0 Å². The van der Waals surface area contributed by atoms with E-state index < -0.39 is 5.97 Å². The standard InChI is InChI=1S/C9H17NO2S/c1-9(2)7(8(11)12)6(5-13-9)10(3)4/h6-7H,5H2,1-4H3,(H,11,12). The Morgan fingerprint density at radius 3 is 2.38 bits per heavy atom. The lowest BCUT2D eigenvalue weighted by Crippen LogP contribution is -2.43.